The summed E-state index contributed by atoms with van der Waals surface area (Å²) in [4.78, 5) is 12.7. The molecule has 33 heavy (non-hydrogen) atoms. The lowest BCUT2D eigenvalue weighted by Crippen LogP contribution is -2.18. The maximum Gasteiger partial charge on any atom is 0.308 e. The molecule has 0 aliphatic rings. The van der Waals surface area contributed by atoms with Crippen molar-refractivity contribution < 1.29 is 9.53 Å². The van der Waals surface area contributed by atoms with E-state index in [2.05, 4.69) is 49.5 Å². The average molecular weight is 460 g/mol. The molecule has 1 rings (SSSR count). The molecule has 190 valence electrons. The summed E-state index contributed by atoms with van der Waals surface area (Å²) in [5.41, 5.74) is 1.35. The Labute approximate surface area is 205 Å². The predicted molar refractivity (Wildman–Crippen MR) is 142 cm³/mol. The summed E-state index contributed by atoms with van der Waals surface area (Å²) in [7, 11) is 0. The molecule has 1 aromatic carbocycles. The normalized spacial score (nSPS) is 12.1. The highest BCUT2D eigenvalue weighted by Crippen LogP contribution is 2.20. The van der Waals surface area contributed by atoms with Gasteiger partial charge in [0, 0.05) is 6.54 Å². The first kappa shape index (κ1) is 29.7. The van der Waals surface area contributed by atoms with Crippen molar-refractivity contribution in [3.63, 3.8) is 0 Å². The van der Waals surface area contributed by atoms with Gasteiger partial charge in [-0.3, -0.25) is 4.79 Å². The molecule has 1 atom stereocenters. The van der Waals surface area contributed by atoms with Gasteiger partial charge in [0.1, 0.15) is 0 Å². The first-order chi connectivity index (χ1) is 16.3. The lowest BCUT2D eigenvalue weighted by atomic mass is 9.94. The number of esters is 1. The van der Waals surface area contributed by atoms with Crippen LogP contribution in [0.4, 0.5) is 0 Å². The largest absolute Gasteiger partial charge is 0.465 e. The summed E-state index contributed by atoms with van der Waals surface area (Å²) in [6.45, 7) is 7.13. The first-order valence-electron chi connectivity index (χ1n) is 14.2. The molecule has 0 radical (unpaired) electrons. The molecule has 1 aromatic rings. The molecular weight excluding hydrogens is 406 g/mol. The van der Waals surface area contributed by atoms with Crippen molar-refractivity contribution >= 4 is 5.97 Å². The predicted octanol–water partition coefficient (Wildman–Crippen LogP) is 8.61. The summed E-state index contributed by atoms with van der Waals surface area (Å²) in [6, 6.07) is 10.6. The van der Waals surface area contributed by atoms with Crippen LogP contribution in [0.15, 0.2) is 30.3 Å². The number of rotatable bonds is 23. The fourth-order valence-electron chi connectivity index (χ4n) is 4.37. The number of hydrogen-bond donors (Lipinski definition) is 1. The Morgan fingerprint density at radius 2 is 1.27 bits per heavy atom. The minimum Gasteiger partial charge on any atom is -0.465 e. The van der Waals surface area contributed by atoms with E-state index in [9.17, 15) is 4.79 Å². The van der Waals surface area contributed by atoms with Crippen molar-refractivity contribution in [1.82, 2.24) is 5.32 Å². The highest BCUT2D eigenvalue weighted by molar-refractivity contribution is 5.72. The van der Waals surface area contributed by atoms with E-state index in [-0.39, 0.29) is 11.9 Å². The van der Waals surface area contributed by atoms with Crippen LogP contribution in [0.1, 0.15) is 129 Å². The summed E-state index contributed by atoms with van der Waals surface area (Å²) in [6.07, 6.45) is 20.5. The first-order valence-corrected chi connectivity index (χ1v) is 14.2. The Bertz CT molecular complexity index is 545. The van der Waals surface area contributed by atoms with Crippen LogP contribution in [-0.4, -0.2) is 19.1 Å². The van der Waals surface area contributed by atoms with Crippen LogP contribution in [0.2, 0.25) is 0 Å². The second-order valence-electron chi connectivity index (χ2n) is 9.70. The minimum absolute atomic E-state index is 0.0742. The number of ether oxygens (including phenoxy) is 1. The van der Waals surface area contributed by atoms with E-state index in [0.717, 1.165) is 38.8 Å². The SMILES string of the molecule is CCCCCCCCC(CCCCCC)C(=O)OCCCCCCCNCc1ccccc1. The minimum atomic E-state index is 0.0742. The van der Waals surface area contributed by atoms with Crippen molar-refractivity contribution in [2.45, 2.75) is 130 Å². The molecule has 0 heterocycles. The molecule has 1 unspecified atom stereocenters. The Hall–Kier alpha value is -1.35. The van der Waals surface area contributed by atoms with Crippen LogP contribution in [0.3, 0.4) is 0 Å². The van der Waals surface area contributed by atoms with Gasteiger partial charge in [-0.25, -0.2) is 0 Å². The highest BCUT2D eigenvalue weighted by atomic mass is 16.5. The van der Waals surface area contributed by atoms with Crippen molar-refractivity contribution in [2.24, 2.45) is 5.92 Å². The molecule has 0 aromatic heterocycles. The van der Waals surface area contributed by atoms with Gasteiger partial charge < -0.3 is 10.1 Å². The third-order valence-electron chi connectivity index (χ3n) is 6.56. The van der Waals surface area contributed by atoms with Crippen LogP contribution in [-0.2, 0) is 16.1 Å². The summed E-state index contributed by atoms with van der Waals surface area (Å²) < 4.78 is 5.70. The molecule has 0 amide bonds. The van der Waals surface area contributed by atoms with Gasteiger partial charge in [-0.1, -0.05) is 128 Å². The number of carbonyl (C=O) groups excluding carboxylic acids is 1. The van der Waals surface area contributed by atoms with E-state index in [1.165, 1.54) is 89.0 Å². The van der Waals surface area contributed by atoms with E-state index in [1.807, 2.05) is 0 Å². The van der Waals surface area contributed by atoms with E-state index < -0.39 is 0 Å². The van der Waals surface area contributed by atoms with Crippen LogP contribution >= 0.6 is 0 Å². The molecule has 0 fully saturated rings. The smallest absolute Gasteiger partial charge is 0.308 e. The van der Waals surface area contributed by atoms with Gasteiger partial charge in [0.15, 0.2) is 0 Å². The highest BCUT2D eigenvalue weighted by Gasteiger charge is 2.19. The molecule has 0 saturated heterocycles. The Balaban J connectivity index is 2.07. The zero-order valence-corrected chi connectivity index (χ0v) is 21.9. The van der Waals surface area contributed by atoms with E-state index in [4.69, 9.17) is 4.74 Å². The maximum atomic E-state index is 12.7. The van der Waals surface area contributed by atoms with E-state index >= 15 is 0 Å². The lowest BCUT2D eigenvalue weighted by Gasteiger charge is -2.16. The zero-order chi connectivity index (χ0) is 23.8. The van der Waals surface area contributed by atoms with E-state index in [1.54, 1.807) is 0 Å². The van der Waals surface area contributed by atoms with E-state index in [0.29, 0.717) is 6.61 Å². The number of nitrogens with one attached hydrogen (secondary N) is 1. The number of benzene rings is 1. The monoisotopic (exact) mass is 459 g/mol. The van der Waals surface area contributed by atoms with Crippen LogP contribution < -0.4 is 5.32 Å². The average Bonchev–Trinajstić information content (AvgIpc) is 2.84. The number of carbonyl (C=O) groups is 1. The van der Waals surface area contributed by atoms with Crippen LogP contribution in [0.25, 0.3) is 0 Å². The molecule has 0 saturated carbocycles. The van der Waals surface area contributed by atoms with Crippen molar-refractivity contribution in [3.05, 3.63) is 35.9 Å². The fraction of sp³-hybridized carbons (Fsp3) is 0.767. The molecular formula is C30H53NO2. The number of hydrogen-bond acceptors (Lipinski definition) is 3. The second-order valence-corrected chi connectivity index (χ2v) is 9.70. The van der Waals surface area contributed by atoms with Crippen molar-refractivity contribution in [3.8, 4) is 0 Å². The Kier molecular flexibility index (Phi) is 20.2. The van der Waals surface area contributed by atoms with Gasteiger partial charge in [0.05, 0.1) is 12.5 Å². The molecule has 0 aliphatic heterocycles. The second kappa shape index (κ2) is 22.4. The van der Waals surface area contributed by atoms with Gasteiger partial charge in [-0.15, -0.1) is 0 Å². The number of unbranched alkanes of at least 4 members (excludes halogenated alkanes) is 12. The van der Waals surface area contributed by atoms with Crippen LogP contribution in [0.5, 0.6) is 0 Å². The quantitative estimate of drug-likeness (QED) is 0.131. The third kappa shape index (κ3) is 17.7. The molecule has 3 nitrogen and oxygen atoms in total. The summed E-state index contributed by atoms with van der Waals surface area (Å²) in [5, 5.41) is 3.52. The standard InChI is InChI=1S/C30H53NO2/c1-3-5-7-9-11-18-24-29(23-17-8-6-4-2)30(32)33-26-20-13-10-12-19-25-31-27-28-21-15-14-16-22-28/h14-16,21-22,29,31H,3-13,17-20,23-27H2,1-2H3. The Morgan fingerprint density at radius 1 is 0.727 bits per heavy atom. The van der Waals surface area contributed by atoms with Crippen LogP contribution in [0, 0.1) is 5.92 Å². The molecule has 3 heteroatoms. The van der Waals surface area contributed by atoms with Crippen molar-refractivity contribution in [1.29, 1.82) is 0 Å². The zero-order valence-electron chi connectivity index (χ0n) is 21.9. The summed E-state index contributed by atoms with van der Waals surface area (Å²) in [5.74, 6) is 0.203. The topological polar surface area (TPSA) is 38.3 Å². The van der Waals surface area contributed by atoms with Crippen molar-refractivity contribution in [2.75, 3.05) is 13.2 Å². The Morgan fingerprint density at radius 3 is 1.94 bits per heavy atom. The van der Waals surface area contributed by atoms with Gasteiger partial charge >= 0.3 is 5.97 Å². The molecule has 0 spiro atoms. The van der Waals surface area contributed by atoms with Gasteiger partial charge in [0.25, 0.3) is 0 Å². The summed E-state index contributed by atoms with van der Waals surface area (Å²) >= 11 is 0. The third-order valence-corrected chi connectivity index (χ3v) is 6.56. The molecule has 0 bridgehead atoms. The van der Waals surface area contributed by atoms with Gasteiger partial charge in [0.2, 0.25) is 0 Å². The molecule has 0 aliphatic carbocycles. The fourth-order valence-corrected chi connectivity index (χ4v) is 4.37. The van der Waals surface area contributed by atoms with Gasteiger partial charge in [-0.2, -0.15) is 0 Å². The van der Waals surface area contributed by atoms with Gasteiger partial charge in [-0.05, 0) is 37.8 Å². The maximum absolute atomic E-state index is 12.7. The lowest BCUT2D eigenvalue weighted by molar-refractivity contribution is -0.149. The molecule has 1 N–H and O–H groups in total.